The van der Waals surface area contributed by atoms with Crippen LogP contribution in [0.15, 0.2) is 41.8 Å². The second-order valence-corrected chi connectivity index (χ2v) is 11.3. The summed E-state index contributed by atoms with van der Waals surface area (Å²) in [6.07, 6.45) is 6.97. The molecule has 0 saturated carbocycles. The lowest BCUT2D eigenvalue weighted by atomic mass is 9.83. The molecule has 0 nitrogen and oxygen atoms in total. The fourth-order valence-corrected chi connectivity index (χ4v) is 6.92. The van der Waals surface area contributed by atoms with Gasteiger partial charge in [0.15, 0.2) is 0 Å². The van der Waals surface area contributed by atoms with E-state index < -0.39 is 0 Å². The van der Waals surface area contributed by atoms with Crippen molar-refractivity contribution >= 4 is 39.3 Å². The largest absolute Gasteiger partial charge is 0.139 e. The van der Waals surface area contributed by atoms with Gasteiger partial charge in [-0.25, -0.2) is 0 Å². The Labute approximate surface area is 185 Å². The summed E-state index contributed by atoms with van der Waals surface area (Å²) in [6.45, 7) is 20.5. The highest BCUT2D eigenvalue weighted by Crippen LogP contribution is 2.48. The van der Waals surface area contributed by atoms with Crippen molar-refractivity contribution in [1.82, 2.24) is 0 Å². The van der Waals surface area contributed by atoms with E-state index in [0.29, 0.717) is 5.41 Å². The Hall–Kier alpha value is -0.770. The summed E-state index contributed by atoms with van der Waals surface area (Å²) in [4.78, 5) is 8.15. The van der Waals surface area contributed by atoms with Gasteiger partial charge < -0.3 is 0 Å². The summed E-state index contributed by atoms with van der Waals surface area (Å²) in [7, 11) is 0. The zero-order chi connectivity index (χ0) is 20.9. The predicted molar refractivity (Wildman–Crippen MR) is 135 cm³/mol. The SMILES string of the molecule is C=C(S/C(=C\C)C(C)(CC)CC)c1ccc(-c2ccc(C(C)(CC)CC)s2)s1. The predicted octanol–water partition coefficient (Wildman–Crippen LogP) is 9.99. The summed E-state index contributed by atoms with van der Waals surface area (Å²) < 4.78 is 0. The number of rotatable bonds is 10. The average Bonchev–Trinajstić information content (AvgIpc) is 3.40. The molecule has 0 atom stereocenters. The summed E-state index contributed by atoms with van der Waals surface area (Å²) >= 11 is 5.69. The smallest absolute Gasteiger partial charge is 0.0449 e. The lowest BCUT2D eigenvalue weighted by Crippen LogP contribution is -2.17. The van der Waals surface area contributed by atoms with E-state index >= 15 is 0 Å². The molecule has 0 unspecified atom stereocenters. The van der Waals surface area contributed by atoms with Crippen LogP contribution in [0.1, 0.15) is 83.9 Å². The minimum absolute atomic E-state index is 0.246. The summed E-state index contributed by atoms with van der Waals surface area (Å²) in [5.41, 5.74) is 0.546. The molecule has 2 heterocycles. The molecule has 0 saturated heterocycles. The summed E-state index contributed by atoms with van der Waals surface area (Å²) in [6, 6.07) is 9.15. The zero-order valence-corrected chi connectivity index (χ0v) is 21.1. The molecule has 28 heavy (non-hydrogen) atoms. The van der Waals surface area contributed by atoms with Gasteiger partial charge in [0.2, 0.25) is 0 Å². The Morgan fingerprint density at radius 2 is 1.50 bits per heavy atom. The van der Waals surface area contributed by atoms with Gasteiger partial charge in [0, 0.05) is 29.8 Å². The first-order chi connectivity index (χ1) is 13.3. The molecule has 0 bridgehead atoms. The maximum Gasteiger partial charge on any atom is 0.0449 e. The second-order valence-electron chi connectivity index (χ2n) is 8.04. The number of hydrogen-bond acceptors (Lipinski definition) is 3. The first kappa shape index (κ1) is 23.5. The third kappa shape index (κ3) is 4.86. The number of thiophene rings is 2. The minimum atomic E-state index is 0.246. The Kier molecular flexibility index (Phi) is 8.25. The molecule has 0 aliphatic rings. The van der Waals surface area contributed by atoms with Crippen molar-refractivity contribution in [3.8, 4) is 9.75 Å². The number of hydrogen-bond donors (Lipinski definition) is 0. The Balaban J connectivity index is 2.20. The van der Waals surface area contributed by atoms with Crippen molar-refractivity contribution in [2.45, 2.75) is 79.6 Å². The van der Waals surface area contributed by atoms with Crippen LogP contribution in [-0.2, 0) is 5.41 Å². The second kappa shape index (κ2) is 9.82. The van der Waals surface area contributed by atoms with Crippen molar-refractivity contribution < 1.29 is 0 Å². The van der Waals surface area contributed by atoms with Crippen LogP contribution >= 0.6 is 34.4 Å². The molecule has 0 aliphatic heterocycles. The molecule has 0 fully saturated rings. The first-order valence-electron chi connectivity index (χ1n) is 10.5. The molecule has 0 amide bonds. The molecular formula is C25H36S3. The Bertz CT molecular complexity index is 810. The molecule has 2 aromatic heterocycles. The van der Waals surface area contributed by atoms with E-state index in [2.05, 4.69) is 85.4 Å². The van der Waals surface area contributed by atoms with E-state index in [1.165, 1.54) is 42.2 Å². The van der Waals surface area contributed by atoms with Crippen molar-refractivity contribution in [1.29, 1.82) is 0 Å². The molecule has 0 spiro atoms. The van der Waals surface area contributed by atoms with Crippen LogP contribution in [0.5, 0.6) is 0 Å². The van der Waals surface area contributed by atoms with Crippen molar-refractivity contribution in [2.24, 2.45) is 5.41 Å². The van der Waals surface area contributed by atoms with Crippen molar-refractivity contribution in [2.75, 3.05) is 0 Å². The lowest BCUT2D eigenvalue weighted by molar-refractivity contribution is 0.388. The van der Waals surface area contributed by atoms with Gasteiger partial charge in [-0.15, -0.1) is 22.7 Å². The zero-order valence-electron chi connectivity index (χ0n) is 18.6. The standard InChI is InChI=1S/C25H36S3/c1-9-22(24(7,10-2)11-3)26-18(6)19-14-15-20(27-19)21-16-17-23(28-21)25(8,12-4)13-5/h9,14-17H,6,10-13H2,1-5,7-8H3/b22-9-. The highest BCUT2D eigenvalue weighted by Gasteiger charge is 2.27. The summed E-state index contributed by atoms with van der Waals surface area (Å²) in [5, 5.41) is 0. The van der Waals surface area contributed by atoms with Gasteiger partial charge in [0.05, 0.1) is 0 Å². The highest BCUT2D eigenvalue weighted by atomic mass is 32.2. The first-order valence-corrected chi connectivity index (χ1v) is 13.0. The molecular weight excluding hydrogens is 396 g/mol. The maximum absolute atomic E-state index is 4.41. The monoisotopic (exact) mass is 432 g/mol. The van der Waals surface area contributed by atoms with Gasteiger partial charge in [-0.2, -0.15) is 0 Å². The number of allylic oxidation sites excluding steroid dienone is 2. The maximum atomic E-state index is 4.41. The third-order valence-electron chi connectivity index (χ3n) is 6.54. The molecule has 154 valence electrons. The quantitative estimate of drug-likeness (QED) is 0.360. The van der Waals surface area contributed by atoms with E-state index in [1.54, 1.807) is 0 Å². The molecule has 0 aromatic carbocycles. The average molecular weight is 433 g/mol. The van der Waals surface area contributed by atoms with Gasteiger partial charge in [-0.3, -0.25) is 0 Å². The Morgan fingerprint density at radius 3 is 2.04 bits per heavy atom. The molecule has 0 aliphatic carbocycles. The van der Waals surface area contributed by atoms with Crippen LogP contribution in [-0.4, -0.2) is 0 Å². The van der Waals surface area contributed by atoms with E-state index in [1.807, 2.05) is 34.4 Å². The normalized spacial score (nSPS) is 13.2. The topological polar surface area (TPSA) is 0 Å². The molecule has 2 rings (SSSR count). The van der Waals surface area contributed by atoms with Gasteiger partial charge in [0.25, 0.3) is 0 Å². The number of thioether (sulfide) groups is 1. The minimum Gasteiger partial charge on any atom is -0.139 e. The van der Waals surface area contributed by atoms with Crippen molar-refractivity contribution in [3.63, 3.8) is 0 Å². The van der Waals surface area contributed by atoms with Gasteiger partial charge in [0.1, 0.15) is 0 Å². The van der Waals surface area contributed by atoms with Gasteiger partial charge in [-0.1, -0.05) is 66.0 Å². The summed E-state index contributed by atoms with van der Waals surface area (Å²) in [5.74, 6) is 0. The Morgan fingerprint density at radius 1 is 0.929 bits per heavy atom. The molecule has 2 aromatic rings. The fraction of sp³-hybridized carbons (Fsp3) is 0.520. The van der Waals surface area contributed by atoms with Crippen LogP contribution < -0.4 is 0 Å². The van der Waals surface area contributed by atoms with Crippen molar-refractivity contribution in [3.05, 3.63) is 51.6 Å². The highest BCUT2D eigenvalue weighted by molar-refractivity contribution is 8.12. The van der Waals surface area contributed by atoms with E-state index in [4.69, 9.17) is 0 Å². The van der Waals surface area contributed by atoms with Crippen LogP contribution in [0.4, 0.5) is 0 Å². The van der Waals surface area contributed by atoms with E-state index in [0.717, 1.165) is 12.8 Å². The van der Waals surface area contributed by atoms with Gasteiger partial charge >= 0.3 is 0 Å². The molecule has 3 heteroatoms. The van der Waals surface area contributed by atoms with Crippen LogP contribution in [0.25, 0.3) is 14.7 Å². The van der Waals surface area contributed by atoms with E-state index in [-0.39, 0.29) is 5.41 Å². The lowest BCUT2D eigenvalue weighted by Gasteiger charge is -2.30. The molecule has 0 N–H and O–H groups in total. The molecule has 0 radical (unpaired) electrons. The third-order valence-corrected chi connectivity index (χ3v) is 10.8. The van der Waals surface area contributed by atoms with Crippen LogP contribution in [0.3, 0.4) is 0 Å². The van der Waals surface area contributed by atoms with Crippen LogP contribution in [0.2, 0.25) is 0 Å². The van der Waals surface area contributed by atoms with Crippen LogP contribution in [0, 0.1) is 5.41 Å². The van der Waals surface area contributed by atoms with E-state index in [9.17, 15) is 0 Å². The van der Waals surface area contributed by atoms with Gasteiger partial charge in [-0.05, 0) is 67.2 Å². The fourth-order valence-electron chi connectivity index (χ4n) is 3.33.